The van der Waals surface area contributed by atoms with Crippen molar-refractivity contribution in [3.05, 3.63) is 289 Å². The predicted octanol–water partition coefficient (Wildman–Crippen LogP) is 20.0. The molecule has 0 radical (unpaired) electrons. The highest BCUT2D eigenvalue weighted by atomic mass is 32.1. The molecule has 0 aliphatic heterocycles. The number of nitrogens with zero attached hydrogens (tertiary/aromatic N) is 2. The molecule has 0 saturated carbocycles. The Morgan fingerprint density at radius 2 is 0.730 bits per heavy atom. The molecule has 1 heterocycles. The van der Waals surface area contributed by atoms with Gasteiger partial charge >= 0.3 is 0 Å². The van der Waals surface area contributed by atoms with Crippen LogP contribution in [0.3, 0.4) is 0 Å². The van der Waals surface area contributed by atoms with Gasteiger partial charge in [0.15, 0.2) is 0 Å². The quantitative estimate of drug-likeness (QED) is 0.164. The largest absolute Gasteiger partial charge is 0.310 e. The van der Waals surface area contributed by atoms with Crippen LogP contribution in [0.4, 0.5) is 34.1 Å². The van der Waals surface area contributed by atoms with E-state index in [1.807, 2.05) is 11.3 Å². The van der Waals surface area contributed by atoms with E-state index in [0.717, 1.165) is 34.1 Å². The maximum atomic E-state index is 2.54. The first-order chi connectivity index (χ1) is 36.7. The van der Waals surface area contributed by atoms with Crippen molar-refractivity contribution in [2.75, 3.05) is 9.80 Å². The average Bonchev–Trinajstić information content (AvgIpc) is 4.25. The van der Waals surface area contributed by atoms with Gasteiger partial charge in [-0.2, -0.15) is 0 Å². The zero-order chi connectivity index (χ0) is 48.5. The van der Waals surface area contributed by atoms with Crippen molar-refractivity contribution in [1.82, 2.24) is 0 Å². The van der Waals surface area contributed by atoms with Gasteiger partial charge in [0, 0.05) is 59.3 Å². The van der Waals surface area contributed by atoms with Gasteiger partial charge in [-0.3, -0.25) is 0 Å². The number of rotatable bonds is 6. The third-order valence-corrected chi connectivity index (χ3v) is 17.4. The van der Waals surface area contributed by atoms with Crippen LogP contribution in [0.1, 0.15) is 22.3 Å². The van der Waals surface area contributed by atoms with Gasteiger partial charge in [-0.05, 0) is 138 Å². The molecule has 344 valence electrons. The molecule has 14 aromatic rings. The fourth-order valence-corrected chi connectivity index (χ4v) is 14.3. The Bertz CT molecular complexity index is 4430. The van der Waals surface area contributed by atoms with Crippen molar-refractivity contribution in [2.45, 2.75) is 5.41 Å². The SMILES string of the molecule is c1ccc2c(c1)-c1c(ccc3c1sc1ccccc13)C21c2cc(N(c3ccc4ccccc4c3)c3cccc4ccccc34)ccc2-c2ccc(N(c3ccc4ccccc4c3)c3cccc4ccccc34)cc21. The van der Waals surface area contributed by atoms with Crippen molar-refractivity contribution in [2.24, 2.45) is 0 Å². The molecule has 0 bridgehead atoms. The van der Waals surface area contributed by atoms with E-state index in [9.17, 15) is 0 Å². The standard InChI is InChI=1S/C71H44N2S/c1-3-19-49-41-51(33-31-45(49)15-1)72(66-28-13-21-47-17-5-7-23-55(47)66)53-35-37-57-58-38-36-54(73(52-34-32-46-16-2-4-20-50(46)42-52)67-29-14-22-48-18-6-8-24-56(48)67)44-65(58)71(64(57)43-53)62-27-11-9-26-61(62)69-63(71)40-39-60-59-25-10-12-30-68(59)74-70(60)69/h1-44H. The van der Waals surface area contributed by atoms with Gasteiger partial charge in [-0.15, -0.1) is 11.3 Å². The van der Waals surface area contributed by atoms with Crippen LogP contribution in [0.5, 0.6) is 0 Å². The number of thiophene rings is 1. The number of fused-ring (bicyclic) bond motifs is 18. The minimum Gasteiger partial charge on any atom is -0.310 e. The molecule has 13 aromatic carbocycles. The molecule has 16 rings (SSSR count). The number of hydrogen-bond donors (Lipinski definition) is 0. The van der Waals surface area contributed by atoms with Crippen molar-refractivity contribution >= 4 is 109 Å². The summed E-state index contributed by atoms with van der Waals surface area (Å²) in [6.45, 7) is 0. The molecule has 0 amide bonds. The van der Waals surface area contributed by atoms with Gasteiger partial charge in [-0.1, -0.05) is 200 Å². The Labute approximate surface area is 432 Å². The Hall–Kier alpha value is -9.28. The van der Waals surface area contributed by atoms with Crippen molar-refractivity contribution in [3.63, 3.8) is 0 Å². The first-order valence-corrected chi connectivity index (χ1v) is 26.4. The summed E-state index contributed by atoms with van der Waals surface area (Å²) in [5.41, 5.74) is 16.5. The summed E-state index contributed by atoms with van der Waals surface area (Å²) < 4.78 is 2.66. The number of anilines is 6. The number of hydrogen-bond acceptors (Lipinski definition) is 3. The van der Waals surface area contributed by atoms with E-state index in [2.05, 4.69) is 277 Å². The highest BCUT2D eigenvalue weighted by Crippen LogP contribution is 2.66. The molecule has 0 atom stereocenters. The van der Waals surface area contributed by atoms with Crippen molar-refractivity contribution in [1.29, 1.82) is 0 Å². The fourth-order valence-electron chi connectivity index (χ4n) is 13.0. The summed E-state index contributed by atoms with van der Waals surface area (Å²) in [6.07, 6.45) is 0. The normalized spacial score (nSPS) is 13.0. The van der Waals surface area contributed by atoms with Gasteiger partial charge in [-0.25, -0.2) is 0 Å². The van der Waals surface area contributed by atoms with Crippen LogP contribution in [-0.2, 0) is 5.41 Å². The zero-order valence-corrected chi connectivity index (χ0v) is 41.0. The Kier molecular flexibility index (Phi) is 8.86. The molecule has 0 N–H and O–H groups in total. The minimum absolute atomic E-state index is 0.658. The molecule has 0 unspecified atom stereocenters. The first-order valence-electron chi connectivity index (χ1n) is 25.6. The first kappa shape index (κ1) is 41.3. The second-order valence-electron chi connectivity index (χ2n) is 19.9. The summed E-state index contributed by atoms with van der Waals surface area (Å²) in [7, 11) is 0. The van der Waals surface area contributed by atoms with E-state index >= 15 is 0 Å². The second-order valence-corrected chi connectivity index (χ2v) is 21.0. The molecule has 2 aliphatic carbocycles. The van der Waals surface area contributed by atoms with Crippen LogP contribution in [0.25, 0.3) is 85.5 Å². The summed E-state index contributed by atoms with van der Waals surface area (Å²) in [5, 5.41) is 12.3. The van der Waals surface area contributed by atoms with E-state index in [-0.39, 0.29) is 0 Å². The highest BCUT2D eigenvalue weighted by molar-refractivity contribution is 7.26. The van der Waals surface area contributed by atoms with Crippen LogP contribution in [-0.4, -0.2) is 0 Å². The summed E-state index contributed by atoms with van der Waals surface area (Å²) >= 11 is 1.93. The molecular weight excluding hydrogens is 913 g/mol. The molecule has 74 heavy (non-hydrogen) atoms. The Morgan fingerprint density at radius 3 is 1.32 bits per heavy atom. The minimum atomic E-state index is -0.658. The van der Waals surface area contributed by atoms with Crippen LogP contribution in [0.2, 0.25) is 0 Å². The molecule has 2 nitrogen and oxygen atoms in total. The van der Waals surface area contributed by atoms with E-state index in [0.29, 0.717) is 0 Å². The lowest BCUT2D eigenvalue weighted by atomic mass is 9.70. The van der Waals surface area contributed by atoms with E-state index < -0.39 is 5.41 Å². The molecule has 3 heteroatoms. The second kappa shape index (κ2) is 15.9. The van der Waals surface area contributed by atoms with Gasteiger partial charge in [0.25, 0.3) is 0 Å². The Balaban J connectivity index is 1.00. The zero-order valence-electron chi connectivity index (χ0n) is 40.2. The maximum Gasteiger partial charge on any atom is 0.0727 e. The fraction of sp³-hybridized carbons (Fsp3) is 0.0141. The lowest BCUT2D eigenvalue weighted by Crippen LogP contribution is -2.26. The summed E-state index contributed by atoms with van der Waals surface area (Å²) in [4.78, 5) is 4.99. The molecule has 0 saturated heterocycles. The molecule has 1 spiro atoms. The monoisotopic (exact) mass is 956 g/mol. The van der Waals surface area contributed by atoms with Crippen molar-refractivity contribution < 1.29 is 0 Å². The van der Waals surface area contributed by atoms with Gasteiger partial charge in [0.2, 0.25) is 0 Å². The molecular formula is C71H44N2S. The Morgan fingerprint density at radius 1 is 0.270 bits per heavy atom. The van der Waals surface area contributed by atoms with Gasteiger partial charge in [0.05, 0.1) is 16.8 Å². The van der Waals surface area contributed by atoms with E-state index in [1.54, 1.807) is 0 Å². The highest BCUT2D eigenvalue weighted by Gasteiger charge is 2.53. The van der Waals surface area contributed by atoms with E-state index in [4.69, 9.17) is 0 Å². The molecule has 0 fully saturated rings. The topological polar surface area (TPSA) is 6.48 Å². The van der Waals surface area contributed by atoms with Gasteiger partial charge < -0.3 is 9.80 Å². The lowest BCUT2D eigenvalue weighted by Gasteiger charge is -2.33. The smallest absolute Gasteiger partial charge is 0.0727 e. The number of benzene rings is 13. The maximum absolute atomic E-state index is 2.54. The molecule has 2 aliphatic rings. The average molecular weight is 957 g/mol. The summed E-state index contributed by atoms with van der Waals surface area (Å²) in [5.74, 6) is 0. The van der Waals surface area contributed by atoms with Gasteiger partial charge in [0.1, 0.15) is 0 Å². The molecule has 1 aromatic heterocycles. The van der Waals surface area contributed by atoms with Crippen LogP contribution in [0, 0.1) is 0 Å². The predicted molar refractivity (Wildman–Crippen MR) is 315 cm³/mol. The third-order valence-electron chi connectivity index (χ3n) is 16.2. The van der Waals surface area contributed by atoms with Crippen LogP contribution < -0.4 is 9.80 Å². The lowest BCUT2D eigenvalue weighted by molar-refractivity contribution is 0.794. The van der Waals surface area contributed by atoms with Crippen LogP contribution in [0.15, 0.2) is 267 Å². The van der Waals surface area contributed by atoms with Crippen molar-refractivity contribution in [3.8, 4) is 22.3 Å². The summed E-state index contributed by atoms with van der Waals surface area (Å²) in [6, 6.07) is 100. The van der Waals surface area contributed by atoms with E-state index in [1.165, 1.54) is 108 Å². The van der Waals surface area contributed by atoms with Crippen LogP contribution >= 0.6 is 11.3 Å². The third kappa shape index (κ3) is 5.87.